The second kappa shape index (κ2) is 7.03. The summed E-state index contributed by atoms with van der Waals surface area (Å²) in [7, 11) is 0. The van der Waals surface area contributed by atoms with Crippen molar-refractivity contribution in [3.05, 3.63) is 0 Å². The third-order valence-corrected chi connectivity index (χ3v) is 4.92. The van der Waals surface area contributed by atoms with Gasteiger partial charge in [-0.3, -0.25) is 4.90 Å². The van der Waals surface area contributed by atoms with Crippen LogP contribution in [0.2, 0.25) is 0 Å². The summed E-state index contributed by atoms with van der Waals surface area (Å²) in [5.41, 5.74) is -0.410. The van der Waals surface area contributed by atoms with Gasteiger partial charge < -0.3 is 10.1 Å². The van der Waals surface area contributed by atoms with Crippen LogP contribution >= 0.6 is 11.8 Å². The molecule has 0 aromatic rings. The van der Waals surface area contributed by atoms with Crippen molar-refractivity contribution in [2.24, 2.45) is 0 Å². The van der Waals surface area contributed by atoms with Gasteiger partial charge in [-0.15, -0.1) is 0 Å². The zero-order valence-electron chi connectivity index (χ0n) is 13.0. The van der Waals surface area contributed by atoms with E-state index >= 15 is 0 Å². The summed E-state index contributed by atoms with van der Waals surface area (Å²) in [6, 6.07) is 1.02. The van der Waals surface area contributed by atoms with Crippen LogP contribution in [0.15, 0.2) is 0 Å². The van der Waals surface area contributed by atoms with Gasteiger partial charge in [0.15, 0.2) is 0 Å². The summed E-state index contributed by atoms with van der Waals surface area (Å²) in [5.74, 6) is 2.55. The molecule has 0 aromatic heterocycles. The topological polar surface area (TPSA) is 41.6 Å². The van der Waals surface area contributed by atoms with Crippen LogP contribution in [-0.4, -0.2) is 53.3 Å². The molecule has 5 heteroatoms. The minimum Gasteiger partial charge on any atom is -0.444 e. The third kappa shape index (κ3) is 5.17. The summed E-state index contributed by atoms with van der Waals surface area (Å²) in [4.78, 5) is 14.4. The lowest BCUT2D eigenvalue weighted by molar-refractivity contribution is 0.0478. The Morgan fingerprint density at radius 1 is 1.15 bits per heavy atom. The molecule has 2 aliphatic rings. The summed E-state index contributed by atoms with van der Waals surface area (Å²) in [6.45, 7) is 8.17. The van der Waals surface area contributed by atoms with E-state index in [0.717, 1.165) is 18.9 Å². The largest absolute Gasteiger partial charge is 0.444 e. The number of alkyl carbamates (subject to hydrolysis) is 1. The van der Waals surface area contributed by atoms with Gasteiger partial charge in [-0.2, -0.15) is 11.8 Å². The number of amides is 1. The number of thioether (sulfide) groups is 1. The number of nitrogens with one attached hydrogen (secondary N) is 1. The summed E-state index contributed by atoms with van der Waals surface area (Å²) in [6.07, 6.45) is 4.28. The Morgan fingerprint density at radius 3 is 2.30 bits per heavy atom. The Morgan fingerprint density at radius 2 is 1.75 bits per heavy atom. The maximum absolute atomic E-state index is 11.8. The van der Waals surface area contributed by atoms with E-state index in [1.807, 2.05) is 20.8 Å². The van der Waals surface area contributed by atoms with Gasteiger partial charge >= 0.3 is 6.09 Å². The van der Waals surface area contributed by atoms with Crippen LogP contribution in [0.25, 0.3) is 0 Å². The van der Waals surface area contributed by atoms with Crippen molar-refractivity contribution in [3.63, 3.8) is 0 Å². The number of rotatable bonds is 2. The maximum Gasteiger partial charge on any atom is 0.407 e. The normalized spacial score (nSPS) is 28.9. The lowest BCUT2D eigenvalue weighted by Crippen LogP contribution is -2.47. The molecule has 2 fully saturated rings. The van der Waals surface area contributed by atoms with Gasteiger partial charge in [-0.25, -0.2) is 4.79 Å². The second-order valence-corrected chi connectivity index (χ2v) is 8.02. The van der Waals surface area contributed by atoms with Crippen LogP contribution in [0, 0.1) is 0 Å². The van der Waals surface area contributed by atoms with Crippen LogP contribution in [-0.2, 0) is 4.74 Å². The highest BCUT2D eigenvalue weighted by Gasteiger charge is 2.28. The van der Waals surface area contributed by atoms with Gasteiger partial charge in [0, 0.05) is 36.7 Å². The van der Waals surface area contributed by atoms with E-state index in [4.69, 9.17) is 4.74 Å². The van der Waals surface area contributed by atoms with Crippen molar-refractivity contribution >= 4 is 17.9 Å². The van der Waals surface area contributed by atoms with Crippen molar-refractivity contribution < 1.29 is 9.53 Å². The van der Waals surface area contributed by atoms with Gasteiger partial charge in [-0.05, 0) is 46.5 Å². The first kappa shape index (κ1) is 16.0. The van der Waals surface area contributed by atoms with Crippen LogP contribution in [0.1, 0.15) is 46.5 Å². The first-order valence-corrected chi connectivity index (χ1v) is 8.91. The molecule has 0 atom stereocenters. The lowest BCUT2D eigenvalue weighted by atomic mass is 9.90. The fraction of sp³-hybridized carbons (Fsp3) is 0.933. The molecule has 1 saturated heterocycles. The smallest absolute Gasteiger partial charge is 0.407 e. The molecule has 2 rings (SSSR count). The molecule has 0 spiro atoms. The Kier molecular flexibility index (Phi) is 5.61. The number of hydrogen-bond donors (Lipinski definition) is 1. The van der Waals surface area contributed by atoms with Gasteiger partial charge in [-0.1, -0.05) is 0 Å². The summed E-state index contributed by atoms with van der Waals surface area (Å²) < 4.78 is 5.32. The summed E-state index contributed by atoms with van der Waals surface area (Å²) >= 11 is 2.06. The number of carbonyl (C=O) groups excluding carboxylic acids is 1. The van der Waals surface area contributed by atoms with E-state index in [2.05, 4.69) is 22.0 Å². The molecule has 0 bridgehead atoms. The van der Waals surface area contributed by atoms with Crippen molar-refractivity contribution in [2.75, 3.05) is 24.6 Å². The van der Waals surface area contributed by atoms with E-state index in [9.17, 15) is 4.79 Å². The molecule has 1 N–H and O–H groups in total. The average molecular weight is 300 g/mol. The van der Waals surface area contributed by atoms with Gasteiger partial charge in [0.2, 0.25) is 0 Å². The Labute approximate surface area is 127 Å². The molecule has 1 amide bonds. The molecule has 1 saturated carbocycles. The molecule has 0 unspecified atom stereocenters. The van der Waals surface area contributed by atoms with E-state index in [-0.39, 0.29) is 6.09 Å². The highest BCUT2D eigenvalue weighted by molar-refractivity contribution is 7.99. The van der Waals surface area contributed by atoms with Crippen molar-refractivity contribution in [1.82, 2.24) is 10.2 Å². The van der Waals surface area contributed by atoms with Crippen LogP contribution in [0.4, 0.5) is 4.79 Å². The molecule has 20 heavy (non-hydrogen) atoms. The third-order valence-electron chi connectivity index (χ3n) is 3.98. The number of hydrogen-bond acceptors (Lipinski definition) is 4. The van der Waals surface area contributed by atoms with Crippen molar-refractivity contribution in [2.45, 2.75) is 64.1 Å². The molecule has 4 nitrogen and oxygen atoms in total. The predicted octanol–water partition coefficient (Wildman–Crippen LogP) is 2.87. The molecule has 1 heterocycles. The second-order valence-electron chi connectivity index (χ2n) is 6.80. The molecule has 0 aromatic carbocycles. The predicted molar refractivity (Wildman–Crippen MR) is 84.3 cm³/mol. The number of ether oxygens (including phenoxy) is 1. The fourth-order valence-electron chi connectivity index (χ4n) is 3.00. The minimum absolute atomic E-state index is 0.268. The number of nitrogens with zero attached hydrogens (tertiary/aromatic N) is 1. The first-order chi connectivity index (χ1) is 9.44. The molecular formula is C15H28N2O2S. The van der Waals surface area contributed by atoms with E-state index < -0.39 is 5.60 Å². The van der Waals surface area contributed by atoms with Gasteiger partial charge in [0.1, 0.15) is 5.60 Å². The average Bonchev–Trinajstić information content (AvgIpc) is 2.38. The van der Waals surface area contributed by atoms with E-state index in [0.29, 0.717) is 6.04 Å². The Balaban J connectivity index is 1.70. The number of carbonyl (C=O) groups is 1. The highest BCUT2D eigenvalue weighted by Crippen LogP contribution is 2.25. The van der Waals surface area contributed by atoms with Gasteiger partial charge in [0.05, 0.1) is 0 Å². The van der Waals surface area contributed by atoms with E-state index in [1.54, 1.807) is 0 Å². The Hall–Kier alpha value is -0.420. The van der Waals surface area contributed by atoms with Crippen molar-refractivity contribution in [1.29, 1.82) is 0 Å². The fourth-order valence-corrected chi connectivity index (χ4v) is 3.93. The quantitative estimate of drug-likeness (QED) is 0.851. The lowest BCUT2D eigenvalue weighted by Gasteiger charge is -2.38. The van der Waals surface area contributed by atoms with Crippen molar-refractivity contribution in [3.8, 4) is 0 Å². The van der Waals surface area contributed by atoms with Gasteiger partial charge in [0.25, 0.3) is 0 Å². The molecule has 1 aliphatic heterocycles. The molecule has 1 aliphatic carbocycles. The van der Waals surface area contributed by atoms with E-state index in [1.165, 1.54) is 37.4 Å². The molecule has 0 radical (unpaired) electrons. The van der Waals surface area contributed by atoms with Crippen LogP contribution in [0.3, 0.4) is 0 Å². The minimum atomic E-state index is -0.410. The first-order valence-electron chi connectivity index (χ1n) is 7.75. The zero-order chi connectivity index (χ0) is 14.6. The summed E-state index contributed by atoms with van der Waals surface area (Å²) in [5, 5.41) is 3.02. The molecular weight excluding hydrogens is 272 g/mol. The Bertz CT molecular complexity index is 316. The molecule has 116 valence electrons. The zero-order valence-corrected chi connectivity index (χ0v) is 13.8. The van der Waals surface area contributed by atoms with Crippen LogP contribution < -0.4 is 5.32 Å². The monoisotopic (exact) mass is 300 g/mol. The standard InChI is InChI=1S/C15H28N2O2S/c1-15(2,3)19-14(18)16-12-4-6-13(7-5-12)17-8-10-20-11-9-17/h12-13H,4-11H2,1-3H3,(H,16,18)/t12-,13-. The highest BCUT2D eigenvalue weighted by atomic mass is 32.2. The van der Waals surface area contributed by atoms with Crippen LogP contribution in [0.5, 0.6) is 0 Å². The maximum atomic E-state index is 11.8. The SMILES string of the molecule is CC(C)(C)OC(=O)N[C@H]1CC[C@H](N2CCSCC2)CC1.